The summed E-state index contributed by atoms with van der Waals surface area (Å²) in [5, 5.41) is 3.27. The van der Waals surface area contributed by atoms with Gasteiger partial charge in [0.1, 0.15) is 0 Å². The lowest BCUT2D eigenvalue weighted by atomic mass is 10.3. The molecule has 0 bridgehead atoms. The number of hydrogen-bond acceptors (Lipinski definition) is 4. The second kappa shape index (κ2) is 11.2. The molecule has 0 fully saturated rings. The van der Waals surface area contributed by atoms with E-state index in [0.717, 1.165) is 26.1 Å². The fourth-order valence-electron chi connectivity index (χ4n) is 1.77. The molecule has 5 nitrogen and oxygen atoms in total. The lowest BCUT2D eigenvalue weighted by Gasteiger charge is -2.23. The van der Waals surface area contributed by atoms with Crippen LogP contribution in [0.15, 0.2) is 0 Å². The minimum atomic E-state index is 0.212. The minimum absolute atomic E-state index is 0.212. The number of methoxy groups -OCH3 is 1. The van der Waals surface area contributed by atoms with Crippen LogP contribution in [0.1, 0.15) is 26.7 Å². The van der Waals surface area contributed by atoms with Gasteiger partial charge in [0.2, 0.25) is 5.91 Å². The van der Waals surface area contributed by atoms with E-state index in [2.05, 4.69) is 24.1 Å². The molecular weight excluding hydrogens is 242 g/mol. The number of nitrogens with one attached hydrogen (secondary N) is 1. The summed E-state index contributed by atoms with van der Waals surface area (Å²) in [6.45, 7) is 8.01. The summed E-state index contributed by atoms with van der Waals surface area (Å²) < 4.78 is 5.07. The summed E-state index contributed by atoms with van der Waals surface area (Å²) in [5.41, 5.74) is 0. The normalized spacial score (nSPS) is 11.3. The third kappa shape index (κ3) is 10.9. The third-order valence-corrected chi connectivity index (χ3v) is 2.84. The predicted octanol–water partition coefficient (Wildman–Crippen LogP) is 0.801. The van der Waals surface area contributed by atoms with Crippen LogP contribution >= 0.6 is 0 Å². The fourth-order valence-corrected chi connectivity index (χ4v) is 1.77. The van der Waals surface area contributed by atoms with Gasteiger partial charge in [-0.25, -0.2) is 0 Å². The number of carbonyl (C=O) groups is 1. The van der Waals surface area contributed by atoms with Gasteiger partial charge in [-0.2, -0.15) is 0 Å². The van der Waals surface area contributed by atoms with Gasteiger partial charge in [0.15, 0.2) is 0 Å². The maximum Gasteiger partial charge on any atom is 0.223 e. The van der Waals surface area contributed by atoms with E-state index in [9.17, 15) is 4.79 Å². The molecule has 0 saturated carbocycles. The van der Waals surface area contributed by atoms with Crippen molar-refractivity contribution in [3.8, 4) is 0 Å². The Morgan fingerprint density at radius 1 is 1.21 bits per heavy atom. The molecule has 0 atom stereocenters. The topological polar surface area (TPSA) is 44.8 Å². The number of carbonyl (C=O) groups excluding carboxylic acids is 1. The third-order valence-electron chi connectivity index (χ3n) is 2.84. The van der Waals surface area contributed by atoms with E-state index in [-0.39, 0.29) is 5.91 Å². The van der Waals surface area contributed by atoms with Crippen LogP contribution in [0.2, 0.25) is 0 Å². The molecule has 0 aromatic heterocycles. The van der Waals surface area contributed by atoms with Crippen LogP contribution in [0.25, 0.3) is 0 Å². The molecule has 0 heterocycles. The Hall–Kier alpha value is -0.650. The predicted molar refractivity (Wildman–Crippen MR) is 79.4 cm³/mol. The van der Waals surface area contributed by atoms with Crippen molar-refractivity contribution in [2.45, 2.75) is 32.7 Å². The van der Waals surface area contributed by atoms with Crippen molar-refractivity contribution >= 4 is 5.91 Å². The molecular formula is C14H31N3O2. The fraction of sp³-hybridized carbons (Fsp3) is 0.929. The second-order valence-electron chi connectivity index (χ2n) is 5.39. The number of amides is 1. The largest absolute Gasteiger partial charge is 0.383 e. The summed E-state index contributed by atoms with van der Waals surface area (Å²) in [6, 6.07) is 0.425. The van der Waals surface area contributed by atoms with Gasteiger partial charge in [-0.05, 0) is 27.1 Å². The van der Waals surface area contributed by atoms with Crippen LogP contribution in [0.4, 0.5) is 0 Å². The van der Waals surface area contributed by atoms with E-state index >= 15 is 0 Å². The highest BCUT2D eigenvalue weighted by molar-refractivity contribution is 5.76. The molecule has 0 spiro atoms. The van der Waals surface area contributed by atoms with Gasteiger partial charge >= 0.3 is 0 Å². The van der Waals surface area contributed by atoms with E-state index in [0.29, 0.717) is 25.6 Å². The molecule has 5 heteroatoms. The summed E-state index contributed by atoms with van der Waals surface area (Å²) in [5.74, 6) is 0.212. The average Bonchev–Trinajstić information content (AvgIpc) is 2.32. The Labute approximate surface area is 118 Å². The first kappa shape index (κ1) is 18.4. The van der Waals surface area contributed by atoms with Crippen LogP contribution in [0.3, 0.4) is 0 Å². The molecule has 1 N–H and O–H groups in total. The van der Waals surface area contributed by atoms with Crippen molar-refractivity contribution in [2.24, 2.45) is 0 Å². The minimum Gasteiger partial charge on any atom is -0.383 e. The number of nitrogens with zero attached hydrogens (tertiary/aromatic N) is 2. The summed E-state index contributed by atoms with van der Waals surface area (Å²) >= 11 is 0. The van der Waals surface area contributed by atoms with E-state index in [4.69, 9.17) is 4.74 Å². The smallest absolute Gasteiger partial charge is 0.223 e. The molecule has 0 aliphatic carbocycles. The molecule has 0 aromatic rings. The first-order valence-electron chi connectivity index (χ1n) is 7.12. The highest BCUT2D eigenvalue weighted by Crippen LogP contribution is 1.98. The van der Waals surface area contributed by atoms with Crippen molar-refractivity contribution in [2.75, 3.05) is 54.0 Å². The molecule has 0 rings (SSSR count). The Kier molecular flexibility index (Phi) is 10.8. The number of rotatable bonds is 11. The number of ether oxygens (including phenoxy) is 1. The standard InChI is InChI=1S/C14H31N3O2/c1-13(2)15-8-7-14(18)17(11-12-19-5)10-6-9-16(3)4/h13,15H,6-12H2,1-5H3. The molecule has 114 valence electrons. The Bertz CT molecular complexity index is 233. The zero-order chi connectivity index (χ0) is 14.7. The van der Waals surface area contributed by atoms with Gasteiger partial charge in [0.05, 0.1) is 6.61 Å². The van der Waals surface area contributed by atoms with Crippen molar-refractivity contribution in [1.29, 1.82) is 0 Å². The second-order valence-corrected chi connectivity index (χ2v) is 5.39. The van der Waals surface area contributed by atoms with E-state index < -0.39 is 0 Å². The summed E-state index contributed by atoms with van der Waals surface area (Å²) in [6.07, 6.45) is 1.56. The first-order chi connectivity index (χ1) is 8.97. The Balaban J connectivity index is 4.03. The molecule has 0 aromatic carbocycles. The van der Waals surface area contributed by atoms with E-state index in [1.54, 1.807) is 7.11 Å². The SMILES string of the molecule is COCCN(CCCN(C)C)C(=O)CCNC(C)C. The van der Waals surface area contributed by atoms with Crippen LogP contribution < -0.4 is 5.32 Å². The van der Waals surface area contributed by atoms with Gasteiger partial charge in [-0.3, -0.25) is 4.79 Å². The van der Waals surface area contributed by atoms with Crippen molar-refractivity contribution < 1.29 is 9.53 Å². The van der Waals surface area contributed by atoms with Gasteiger partial charge < -0.3 is 19.9 Å². The zero-order valence-corrected chi connectivity index (χ0v) is 13.2. The van der Waals surface area contributed by atoms with Gasteiger partial charge in [-0.1, -0.05) is 13.8 Å². The Morgan fingerprint density at radius 3 is 2.42 bits per heavy atom. The van der Waals surface area contributed by atoms with Crippen molar-refractivity contribution in [3.63, 3.8) is 0 Å². The molecule has 0 aliphatic rings. The van der Waals surface area contributed by atoms with Gasteiger partial charge in [-0.15, -0.1) is 0 Å². The Morgan fingerprint density at radius 2 is 1.89 bits per heavy atom. The maximum absolute atomic E-state index is 12.1. The van der Waals surface area contributed by atoms with Gasteiger partial charge in [0, 0.05) is 39.2 Å². The van der Waals surface area contributed by atoms with Crippen molar-refractivity contribution in [3.05, 3.63) is 0 Å². The monoisotopic (exact) mass is 273 g/mol. The highest BCUT2D eigenvalue weighted by Gasteiger charge is 2.12. The van der Waals surface area contributed by atoms with Crippen molar-refractivity contribution in [1.82, 2.24) is 15.1 Å². The zero-order valence-electron chi connectivity index (χ0n) is 13.2. The molecule has 19 heavy (non-hydrogen) atoms. The molecule has 1 amide bonds. The maximum atomic E-state index is 12.1. The summed E-state index contributed by atoms with van der Waals surface area (Å²) in [7, 11) is 5.77. The summed E-state index contributed by atoms with van der Waals surface area (Å²) in [4.78, 5) is 16.2. The van der Waals surface area contributed by atoms with Crippen LogP contribution in [0.5, 0.6) is 0 Å². The van der Waals surface area contributed by atoms with Crippen LogP contribution in [-0.4, -0.2) is 75.7 Å². The lowest BCUT2D eigenvalue weighted by Crippen LogP contribution is -2.38. The van der Waals surface area contributed by atoms with E-state index in [1.165, 1.54) is 0 Å². The molecule has 0 aliphatic heterocycles. The lowest BCUT2D eigenvalue weighted by molar-refractivity contribution is -0.131. The highest BCUT2D eigenvalue weighted by atomic mass is 16.5. The van der Waals surface area contributed by atoms with Crippen LogP contribution in [-0.2, 0) is 9.53 Å². The average molecular weight is 273 g/mol. The quantitative estimate of drug-likeness (QED) is 0.605. The van der Waals surface area contributed by atoms with Gasteiger partial charge in [0.25, 0.3) is 0 Å². The number of hydrogen-bond donors (Lipinski definition) is 1. The first-order valence-corrected chi connectivity index (χ1v) is 7.12. The molecule has 0 saturated heterocycles. The van der Waals surface area contributed by atoms with Crippen LogP contribution in [0, 0.1) is 0 Å². The van der Waals surface area contributed by atoms with E-state index in [1.807, 2.05) is 19.0 Å². The molecule has 0 unspecified atom stereocenters. The molecule has 0 radical (unpaired) electrons.